The first-order valence-electron chi connectivity index (χ1n) is 8.33. The van der Waals surface area contributed by atoms with E-state index in [-0.39, 0.29) is 17.9 Å². The molecule has 2 heterocycles. The number of pyridine rings is 1. The van der Waals surface area contributed by atoms with E-state index in [0.29, 0.717) is 6.42 Å². The van der Waals surface area contributed by atoms with Gasteiger partial charge in [-0.3, -0.25) is 4.79 Å². The van der Waals surface area contributed by atoms with Crippen molar-refractivity contribution in [3.63, 3.8) is 0 Å². The van der Waals surface area contributed by atoms with Gasteiger partial charge in [0.25, 0.3) is 0 Å². The van der Waals surface area contributed by atoms with E-state index in [1.807, 2.05) is 56.6 Å². The minimum absolute atomic E-state index is 0.0256. The number of rotatable bonds is 5. The first-order chi connectivity index (χ1) is 11.6. The number of aromatic nitrogens is 2. The minimum atomic E-state index is -0.0256. The van der Waals surface area contributed by atoms with Crippen LogP contribution in [0.3, 0.4) is 0 Å². The van der Waals surface area contributed by atoms with Gasteiger partial charge in [-0.25, -0.2) is 4.98 Å². The van der Waals surface area contributed by atoms with E-state index >= 15 is 0 Å². The lowest BCUT2D eigenvalue weighted by Gasteiger charge is -2.20. The molecule has 0 aliphatic carbocycles. The summed E-state index contributed by atoms with van der Waals surface area (Å²) in [4.78, 5) is 16.9. The first-order valence-corrected chi connectivity index (χ1v) is 8.33. The number of nitrogens with one attached hydrogen (secondary N) is 1. The van der Waals surface area contributed by atoms with E-state index in [9.17, 15) is 4.79 Å². The van der Waals surface area contributed by atoms with Crippen LogP contribution in [-0.4, -0.2) is 21.3 Å². The van der Waals surface area contributed by atoms with Gasteiger partial charge < -0.3 is 9.72 Å². The smallest absolute Gasteiger partial charge is 0.221 e. The van der Waals surface area contributed by atoms with Crippen LogP contribution in [0.1, 0.15) is 43.0 Å². The van der Waals surface area contributed by atoms with Gasteiger partial charge >= 0.3 is 0 Å². The topological polar surface area (TPSA) is 46.4 Å². The maximum absolute atomic E-state index is 12.4. The van der Waals surface area contributed by atoms with E-state index in [2.05, 4.69) is 33.8 Å². The number of carbonyl (C=O) groups excluding carboxylic acids is 1. The Morgan fingerprint density at radius 2 is 1.92 bits per heavy atom. The maximum Gasteiger partial charge on any atom is 0.221 e. The molecule has 1 unspecified atom stereocenters. The van der Waals surface area contributed by atoms with E-state index < -0.39 is 0 Å². The Labute approximate surface area is 142 Å². The van der Waals surface area contributed by atoms with E-state index in [0.717, 1.165) is 11.3 Å². The van der Waals surface area contributed by atoms with Crippen molar-refractivity contribution in [3.05, 3.63) is 71.7 Å². The summed E-state index contributed by atoms with van der Waals surface area (Å²) in [5.41, 5.74) is 4.29. The molecule has 0 bridgehead atoms. The Morgan fingerprint density at radius 3 is 2.67 bits per heavy atom. The Kier molecular flexibility index (Phi) is 4.65. The molecule has 0 aliphatic heterocycles. The zero-order valence-electron chi connectivity index (χ0n) is 14.4. The highest BCUT2D eigenvalue weighted by atomic mass is 16.1. The Bertz CT molecular complexity index is 851. The summed E-state index contributed by atoms with van der Waals surface area (Å²) < 4.78 is 2.07. The highest BCUT2D eigenvalue weighted by Gasteiger charge is 2.23. The molecule has 3 aromatic rings. The van der Waals surface area contributed by atoms with Crippen LogP contribution in [0, 0.1) is 6.92 Å². The van der Waals surface area contributed by atoms with Crippen molar-refractivity contribution in [3.8, 4) is 0 Å². The molecule has 1 amide bonds. The van der Waals surface area contributed by atoms with Crippen molar-refractivity contribution in [2.45, 2.75) is 39.2 Å². The number of hydrogen-bond acceptors (Lipinski definition) is 2. The summed E-state index contributed by atoms with van der Waals surface area (Å²) in [6.07, 6.45) is 4.30. The molecule has 1 atom stereocenters. The predicted octanol–water partition coefficient (Wildman–Crippen LogP) is 3.69. The van der Waals surface area contributed by atoms with E-state index in [4.69, 9.17) is 0 Å². The molecule has 4 heteroatoms. The van der Waals surface area contributed by atoms with Crippen molar-refractivity contribution in [1.82, 2.24) is 14.7 Å². The molecule has 4 nitrogen and oxygen atoms in total. The lowest BCUT2D eigenvalue weighted by Crippen LogP contribution is -2.31. The fraction of sp³-hybridized carbons (Fsp3) is 0.300. The summed E-state index contributed by atoms with van der Waals surface area (Å²) in [5, 5.41) is 3.00. The molecule has 0 fully saturated rings. The molecule has 1 aromatic carbocycles. The van der Waals surface area contributed by atoms with Gasteiger partial charge in [0.15, 0.2) is 0 Å². The van der Waals surface area contributed by atoms with Gasteiger partial charge in [0.1, 0.15) is 5.65 Å². The second-order valence-corrected chi connectivity index (χ2v) is 6.45. The van der Waals surface area contributed by atoms with Crippen LogP contribution in [0.2, 0.25) is 0 Å². The fourth-order valence-electron chi connectivity index (χ4n) is 3.13. The summed E-state index contributed by atoms with van der Waals surface area (Å²) in [6.45, 7) is 6.05. The molecule has 0 aliphatic rings. The number of nitrogens with zero attached hydrogens (tertiary/aromatic N) is 2. The molecular formula is C20H23N3O. The molecule has 3 rings (SSSR count). The first kappa shape index (κ1) is 16.2. The highest BCUT2D eigenvalue weighted by molar-refractivity contribution is 5.77. The van der Waals surface area contributed by atoms with Gasteiger partial charge in [0, 0.05) is 30.8 Å². The molecule has 0 radical (unpaired) electrons. The molecule has 124 valence electrons. The Hall–Kier alpha value is -2.62. The SMILES string of the molecule is Cc1ccccc1C(CC(=O)NC(C)C)c1cnc2ccccn12. The summed E-state index contributed by atoms with van der Waals surface area (Å²) >= 11 is 0. The van der Waals surface area contributed by atoms with Crippen LogP contribution in [-0.2, 0) is 4.79 Å². The Balaban J connectivity index is 2.05. The zero-order chi connectivity index (χ0) is 17.1. The largest absolute Gasteiger partial charge is 0.354 e. The molecule has 0 spiro atoms. The maximum atomic E-state index is 12.4. The van der Waals surface area contributed by atoms with Crippen LogP contribution in [0.5, 0.6) is 0 Å². The molecule has 2 aromatic heterocycles. The number of carbonyl (C=O) groups is 1. The van der Waals surface area contributed by atoms with Crippen LogP contribution in [0.25, 0.3) is 5.65 Å². The number of amides is 1. The predicted molar refractivity (Wildman–Crippen MR) is 96.1 cm³/mol. The van der Waals surface area contributed by atoms with E-state index in [1.54, 1.807) is 0 Å². The lowest BCUT2D eigenvalue weighted by atomic mass is 9.89. The van der Waals surface area contributed by atoms with Gasteiger partial charge in [0.05, 0.1) is 5.69 Å². The standard InChI is InChI=1S/C20H23N3O/c1-14(2)22-20(24)12-17(16-9-5-4-8-15(16)3)18-13-21-19-10-6-7-11-23(18)19/h4-11,13-14,17H,12H2,1-3H3,(H,22,24). The fourth-order valence-corrected chi connectivity index (χ4v) is 3.13. The van der Waals surface area contributed by atoms with Gasteiger partial charge in [-0.1, -0.05) is 30.3 Å². The van der Waals surface area contributed by atoms with E-state index in [1.165, 1.54) is 11.1 Å². The lowest BCUT2D eigenvalue weighted by molar-refractivity contribution is -0.121. The van der Waals surface area contributed by atoms with Crippen LogP contribution >= 0.6 is 0 Å². The average molecular weight is 321 g/mol. The normalized spacial score (nSPS) is 12.5. The summed E-state index contributed by atoms with van der Waals surface area (Å²) in [7, 11) is 0. The molecule has 1 N–H and O–H groups in total. The van der Waals surface area contributed by atoms with Gasteiger partial charge in [0.2, 0.25) is 5.91 Å². The molecule has 24 heavy (non-hydrogen) atoms. The monoisotopic (exact) mass is 321 g/mol. The van der Waals surface area contributed by atoms with Gasteiger partial charge in [-0.15, -0.1) is 0 Å². The van der Waals surface area contributed by atoms with Crippen LogP contribution in [0.15, 0.2) is 54.9 Å². The summed E-state index contributed by atoms with van der Waals surface area (Å²) in [6, 6.07) is 14.3. The Morgan fingerprint density at radius 1 is 1.17 bits per heavy atom. The van der Waals surface area contributed by atoms with Crippen LogP contribution in [0.4, 0.5) is 0 Å². The molecule has 0 saturated carbocycles. The van der Waals surface area contributed by atoms with Crippen LogP contribution < -0.4 is 5.32 Å². The quantitative estimate of drug-likeness (QED) is 0.779. The third kappa shape index (κ3) is 3.32. The van der Waals surface area contributed by atoms with Gasteiger partial charge in [-0.05, 0) is 44.0 Å². The average Bonchev–Trinajstić information content (AvgIpc) is 2.96. The molecular weight excluding hydrogens is 298 g/mol. The highest BCUT2D eigenvalue weighted by Crippen LogP contribution is 2.30. The van der Waals surface area contributed by atoms with Crippen molar-refractivity contribution >= 4 is 11.6 Å². The third-order valence-electron chi connectivity index (χ3n) is 4.21. The minimum Gasteiger partial charge on any atom is -0.354 e. The number of fused-ring (bicyclic) bond motifs is 1. The second-order valence-electron chi connectivity index (χ2n) is 6.45. The number of hydrogen-bond donors (Lipinski definition) is 1. The number of benzene rings is 1. The third-order valence-corrected chi connectivity index (χ3v) is 4.21. The molecule has 0 saturated heterocycles. The second kappa shape index (κ2) is 6.87. The van der Waals surface area contributed by atoms with Crippen molar-refractivity contribution in [2.75, 3.05) is 0 Å². The number of aryl methyl sites for hydroxylation is 1. The van der Waals surface area contributed by atoms with Crippen molar-refractivity contribution in [2.24, 2.45) is 0 Å². The van der Waals surface area contributed by atoms with Crippen molar-refractivity contribution in [1.29, 1.82) is 0 Å². The van der Waals surface area contributed by atoms with Crippen molar-refractivity contribution < 1.29 is 4.79 Å². The van der Waals surface area contributed by atoms with Gasteiger partial charge in [-0.2, -0.15) is 0 Å². The summed E-state index contributed by atoms with van der Waals surface area (Å²) in [5.74, 6) is 0.0338. The zero-order valence-corrected chi connectivity index (χ0v) is 14.4. The number of imidazole rings is 1.